The van der Waals surface area contributed by atoms with E-state index in [0.717, 1.165) is 11.1 Å². The number of fused-ring (bicyclic) bond motifs is 3. The maximum absolute atomic E-state index is 12.6. The average molecular weight is 463 g/mol. The fourth-order valence-corrected chi connectivity index (χ4v) is 4.83. The topological polar surface area (TPSA) is 105 Å². The Bertz CT molecular complexity index is 1050. The molecule has 4 rings (SSSR count). The number of alkyl carbamates (subject to hydrolysis) is 1. The second-order valence-corrected chi connectivity index (χ2v) is 8.88. The first-order valence-electron chi connectivity index (χ1n) is 11.8. The van der Waals surface area contributed by atoms with Crippen molar-refractivity contribution in [3.05, 3.63) is 71.8 Å². The van der Waals surface area contributed by atoms with E-state index in [4.69, 9.17) is 9.84 Å². The van der Waals surface area contributed by atoms with Gasteiger partial charge >= 0.3 is 12.1 Å². The third-order valence-corrected chi connectivity index (χ3v) is 6.61. The number of ether oxygens (including phenoxy) is 1. The minimum atomic E-state index is -0.939. The van der Waals surface area contributed by atoms with Crippen molar-refractivity contribution < 1.29 is 24.2 Å². The van der Waals surface area contributed by atoms with Crippen LogP contribution in [0.5, 0.6) is 0 Å². The SMILES string of the molecule is CC[C@H](CC(=O)O)NC(=O)C1CC=CC(NC(=O)OCC2c3ccccc3-c3ccccc32)C1. The Morgan fingerprint density at radius 3 is 2.32 bits per heavy atom. The van der Waals surface area contributed by atoms with Gasteiger partial charge in [0.2, 0.25) is 5.91 Å². The molecule has 0 fully saturated rings. The molecule has 0 saturated carbocycles. The lowest BCUT2D eigenvalue weighted by Crippen LogP contribution is -2.44. The predicted molar refractivity (Wildman–Crippen MR) is 128 cm³/mol. The van der Waals surface area contributed by atoms with Gasteiger partial charge in [-0.25, -0.2) is 4.79 Å². The van der Waals surface area contributed by atoms with Crippen molar-refractivity contribution in [3.63, 3.8) is 0 Å². The van der Waals surface area contributed by atoms with Crippen molar-refractivity contribution in [1.82, 2.24) is 10.6 Å². The lowest BCUT2D eigenvalue weighted by molar-refractivity contribution is -0.137. The Kier molecular flexibility index (Phi) is 7.30. The summed E-state index contributed by atoms with van der Waals surface area (Å²) in [6.45, 7) is 2.07. The number of carboxylic acid groups (broad SMARTS) is 1. The molecule has 7 nitrogen and oxygen atoms in total. The molecule has 3 atom stereocenters. The van der Waals surface area contributed by atoms with Crippen LogP contribution < -0.4 is 10.6 Å². The van der Waals surface area contributed by atoms with Crippen LogP contribution in [0.1, 0.15) is 49.7 Å². The summed E-state index contributed by atoms with van der Waals surface area (Å²) in [6.07, 6.45) is 4.66. The van der Waals surface area contributed by atoms with E-state index in [9.17, 15) is 14.4 Å². The predicted octanol–water partition coefficient (Wildman–Crippen LogP) is 4.23. The highest BCUT2D eigenvalue weighted by molar-refractivity contribution is 5.81. The van der Waals surface area contributed by atoms with Crippen LogP contribution in [0.4, 0.5) is 4.79 Å². The number of amides is 2. The standard InChI is InChI=1S/C27H30N2O5/c1-2-18(15-25(30)31)28-26(32)17-8-7-9-19(14-17)29-27(33)34-16-24-22-12-5-3-10-20(22)21-11-4-6-13-23(21)24/h3-7,9-13,17-19,24H,2,8,14-16H2,1H3,(H,28,32)(H,29,33)(H,30,31)/t17?,18-,19?/m1/s1. The molecule has 2 unspecified atom stereocenters. The van der Waals surface area contributed by atoms with Gasteiger partial charge < -0.3 is 20.5 Å². The van der Waals surface area contributed by atoms with Gasteiger partial charge in [-0.2, -0.15) is 0 Å². The minimum absolute atomic E-state index is 0.0150. The van der Waals surface area contributed by atoms with Gasteiger partial charge in [0, 0.05) is 17.9 Å². The third-order valence-electron chi connectivity index (χ3n) is 6.61. The highest BCUT2D eigenvalue weighted by Gasteiger charge is 2.30. The zero-order valence-electron chi connectivity index (χ0n) is 19.2. The molecule has 2 aromatic rings. The first-order valence-corrected chi connectivity index (χ1v) is 11.8. The third kappa shape index (κ3) is 5.30. The average Bonchev–Trinajstić information content (AvgIpc) is 3.16. The Balaban J connectivity index is 1.32. The zero-order chi connectivity index (χ0) is 24.1. The van der Waals surface area contributed by atoms with E-state index >= 15 is 0 Å². The quantitative estimate of drug-likeness (QED) is 0.509. The summed E-state index contributed by atoms with van der Waals surface area (Å²) in [4.78, 5) is 36.2. The van der Waals surface area contributed by atoms with Crippen LogP contribution in [0, 0.1) is 5.92 Å². The number of hydrogen-bond donors (Lipinski definition) is 3. The van der Waals surface area contributed by atoms with Crippen LogP contribution >= 0.6 is 0 Å². The maximum Gasteiger partial charge on any atom is 0.407 e. The number of rotatable bonds is 8. The van der Waals surface area contributed by atoms with Crippen LogP contribution in [0.2, 0.25) is 0 Å². The smallest absolute Gasteiger partial charge is 0.407 e. The summed E-state index contributed by atoms with van der Waals surface area (Å²) in [7, 11) is 0. The number of carbonyl (C=O) groups is 3. The summed E-state index contributed by atoms with van der Waals surface area (Å²) < 4.78 is 5.61. The van der Waals surface area contributed by atoms with Crippen molar-refractivity contribution in [2.75, 3.05) is 6.61 Å². The number of benzene rings is 2. The molecule has 2 aromatic carbocycles. The summed E-state index contributed by atoms with van der Waals surface area (Å²) in [5, 5.41) is 14.7. The van der Waals surface area contributed by atoms with E-state index in [-0.39, 0.29) is 36.8 Å². The summed E-state index contributed by atoms with van der Waals surface area (Å²) in [6, 6.07) is 15.6. The number of carboxylic acids is 1. The number of nitrogens with one attached hydrogen (secondary N) is 2. The molecule has 0 spiro atoms. The second kappa shape index (κ2) is 10.5. The van der Waals surface area contributed by atoms with Crippen molar-refractivity contribution in [3.8, 4) is 11.1 Å². The van der Waals surface area contributed by atoms with Gasteiger partial charge in [0.15, 0.2) is 0 Å². The van der Waals surface area contributed by atoms with Crippen LogP contribution in [-0.2, 0) is 14.3 Å². The number of allylic oxidation sites excluding steroid dienone is 1. The number of carbonyl (C=O) groups excluding carboxylic acids is 2. The van der Waals surface area contributed by atoms with Crippen molar-refractivity contribution in [2.24, 2.45) is 5.92 Å². The van der Waals surface area contributed by atoms with E-state index in [1.54, 1.807) is 0 Å². The van der Waals surface area contributed by atoms with Gasteiger partial charge in [0.25, 0.3) is 0 Å². The molecule has 0 radical (unpaired) electrons. The van der Waals surface area contributed by atoms with Crippen LogP contribution in [0.15, 0.2) is 60.7 Å². The molecular weight excluding hydrogens is 432 g/mol. The number of aliphatic carboxylic acids is 1. The van der Waals surface area contributed by atoms with E-state index in [1.165, 1.54) is 11.1 Å². The molecular formula is C27H30N2O5. The van der Waals surface area contributed by atoms with Crippen molar-refractivity contribution >= 4 is 18.0 Å². The fourth-order valence-electron chi connectivity index (χ4n) is 4.83. The van der Waals surface area contributed by atoms with Gasteiger partial charge in [-0.15, -0.1) is 0 Å². The van der Waals surface area contributed by atoms with Crippen LogP contribution in [-0.4, -0.2) is 41.8 Å². The lowest BCUT2D eigenvalue weighted by atomic mass is 9.90. The first-order chi connectivity index (χ1) is 16.5. The monoisotopic (exact) mass is 462 g/mol. The van der Waals surface area contributed by atoms with E-state index in [2.05, 4.69) is 34.9 Å². The summed E-state index contributed by atoms with van der Waals surface area (Å²) in [5.74, 6) is -1.47. The molecule has 3 N–H and O–H groups in total. The molecule has 34 heavy (non-hydrogen) atoms. The zero-order valence-corrected chi connectivity index (χ0v) is 19.2. The summed E-state index contributed by atoms with van der Waals surface area (Å²) >= 11 is 0. The van der Waals surface area contributed by atoms with E-state index < -0.39 is 18.1 Å². The molecule has 2 aliphatic rings. The van der Waals surface area contributed by atoms with Crippen LogP contribution in [0.3, 0.4) is 0 Å². The Labute approximate surface area is 199 Å². The van der Waals surface area contributed by atoms with Gasteiger partial charge in [-0.3, -0.25) is 9.59 Å². The van der Waals surface area contributed by atoms with E-state index in [0.29, 0.717) is 19.3 Å². The van der Waals surface area contributed by atoms with Crippen LogP contribution in [0.25, 0.3) is 11.1 Å². The minimum Gasteiger partial charge on any atom is -0.481 e. The Hall–Kier alpha value is -3.61. The first kappa shape index (κ1) is 23.5. The molecule has 178 valence electrons. The highest BCUT2D eigenvalue weighted by Crippen LogP contribution is 2.44. The molecule has 2 amide bonds. The Morgan fingerprint density at radius 2 is 1.71 bits per heavy atom. The molecule has 0 bridgehead atoms. The maximum atomic E-state index is 12.6. The second-order valence-electron chi connectivity index (χ2n) is 8.88. The van der Waals surface area contributed by atoms with Crippen molar-refractivity contribution in [1.29, 1.82) is 0 Å². The largest absolute Gasteiger partial charge is 0.481 e. The van der Waals surface area contributed by atoms with E-state index in [1.807, 2.05) is 43.3 Å². The molecule has 0 saturated heterocycles. The molecule has 0 aromatic heterocycles. The normalized spacial score (nSPS) is 19.6. The Morgan fingerprint density at radius 1 is 1.06 bits per heavy atom. The van der Waals surface area contributed by atoms with Gasteiger partial charge in [-0.05, 0) is 41.5 Å². The number of hydrogen-bond acceptors (Lipinski definition) is 4. The fraction of sp³-hybridized carbons (Fsp3) is 0.370. The molecule has 0 heterocycles. The van der Waals surface area contributed by atoms with Crippen molar-refractivity contribution in [2.45, 2.75) is 50.6 Å². The van der Waals surface area contributed by atoms with Gasteiger partial charge in [0.05, 0.1) is 12.5 Å². The van der Waals surface area contributed by atoms with Gasteiger partial charge in [-0.1, -0.05) is 67.6 Å². The molecule has 0 aliphatic heterocycles. The summed E-state index contributed by atoms with van der Waals surface area (Å²) in [5.41, 5.74) is 4.64. The molecule has 7 heteroatoms. The molecule has 2 aliphatic carbocycles. The highest BCUT2D eigenvalue weighted by atomic mass is 16.5. The van der Waals surface area contributed by atoms with Gasteiger partial charge in [0.1, 0.15) is 6.61 Å². The lowest BCUT2D eigenvalue weighted by Gasteiger charge is -2.26.